The van der Waals surface area contributed by atoms with Crippen molar-refractivity contribution in [3.63, 3.8) is 0 Å². The molecule has 108 valence electrons. The van der Waals surface area contributed by atoms with Crippen molar-refractivity contribution in [3.05, 3.63) is 59.2 Å². The van der Waals surface area contributed by atoms with E-state index in [4.69, 9.17) is 0 Å². The van der Waals surface area contributed by atoms with Crippen LogP contribution in [0.1, 0.15) is 39.5 Å². The van der Waals surface area contributed by atoms with Crippen molar-refractivity contribution in [2.75, 3.05) is 13.1 Å². The first-order valence-corrected chi connectivity index (χ1v) is 7.27. The standard InChI is InChI=1S/C17H19N3O/c1-12-7-13(2)9-15(8-12)17(21)20-6-3-14(11-20)16-10-18-4-5-19-16/h4-5,7-10,14H,3,6,11H2,1-2H3. The number of hydrogen-bond acceptors (Lipinski definition) is 3. The van der Waals surface area contributed by atoms with Gasteiger partial charge in [-0.15, -0.1) is 0 Å². The van der Waals surface area contributed by atoms with E-state index in [9.17, 15) is 4.79 Å². The van der Waals surface area contributed by atoms with Gasteiger partial charge < -0.3 is 4.90 Å². The van der Waals surface area contributed by atoms with Crippen LogP contribution in [0.4, 0.5) is 0 Å². The predicted octanol–water partition coefficient (Wildman–Crippen LogP) is 2.72. The highest BCUT2D eigenvalue weighted by atomic mass is 16.2. The highest BCUT2D eigenvalue weighted by molar-refractivity contribution is 5.94. The monoisotopic (exact) mass is 281 g/mol. The molecule has 2 heterocycles. The number of aromatic nitrogens is 2. The van der Waals surface area contributed by atoms with E-state index in [-0.39, 0.29) is 5.91 Å². The summed E-state index contributed by atoms with van der Waals surface area (Å²) in [6, 6.07) is 6.01. The Kier molecular flexibility index (Phi) is 3.69. The van der Waals surface area contributed by atoms with Gasteiger partial charge in [0, 0.05) is 43.2 Å². The summed E-state index contributed by atoms with van der Waals surface area (Å²) < 4.78 is 0. The number of likely N-dealkylation sites (tertiary alicyclic amines) is 1. The molecule has 1 aromatic heterocycles. The quantitative estimate of drug-likeness (QED) is 0.850. The number of carbonyl (C=O) groups excluding carboxylic acids is 1. The fourth-order valence-corrected chi connectivity index (χ4v) is 2.99. The lowest BCUT2D eigenvalue weighted by Gasteiger charge is -2.17. The Balaban J connectivity index is 1.75. The van der Waals surface area contributed by atoms with Crippen molar-refractivity contribution in [2.45, 2.75) is 26.2 Å². The van der Waals surface area contributed by atoms with Gasteiger partial charge in [0.25, 0.3) is 5.91 Å². The zero-order chi connectivity index (χ0) is 14.8. The van der Waals surface area contributed by atoms with Gasteiger partial charge in [-0.25, -0.2) is 0 Å². The van der Waals surface area contributed by atoms with Crippen molar-refractivity contribution >= 4 is 5.91 Å². The number of aryl methyl sites for hydroxylation is 2. The van der Waals surface area contributed by atoms with Gasteiger partial charge >= 0.3 is 0 Å². The number of carbonyl (C=O) groups is 1. The first-order valence-electron chi connectivity index (χ1n) is 7.27. The molecule has 4 heteroatoms. The Labute approximate surface area is 124 Å². The normalized spacial score (nSPS) is 18.0. The molecule has 3 rings (SSSR count). The average Bonchev–Trinajstić information content (AvgIpc) is 2.96. The van der Waals surface area contributed by atoms with Gasteiger partial charge in [0.1, 0.15) is 0 Å². The molecule has 1 unspecified atom stereocenters. The van der Waals surface area contributed by atoms with Crippen LogP contribution in [0, 0.1) is 13.8 Å². The summed E-state index contributed by atoms with van der Waals surface area (Å²) in [6.45, 7) is 5.56. The summed E-state index contributed by atoms with van der Waals surface area (Å²) in [5.41, 5.74) is 4.02. The van der Waals surface area contributed by atoms with Crippen LogP contribution >= 0.6 is 0 Å². The van der Waals surface area contributed by atoms with Crippen molar-refractivity contribution < 1.29 is 4.79 Å². The number of benzene rings is 1. The summed E-state index contributed by atoms with van der Waals surface area (Å²) in [5.74, 6) is 0.418. The lowest BCUT2D eigenvalue weighted by Crippen LogP contribution is -2.28. The Morgan fingerprint density at radius 3 is 2.62 bits per heavy atom. The van der Waals surface area contributed by atoms with E-state index < -0.39 is 0 Å². The average molecular weight is 281 g/mol. The SMILES string of the molecule is Cc1cc(C)cc(C(=O)N2CCC(c3cnccn3)C2)c1. The van der Waals surface area contributed by atoms with Crippen molar-refractivity contribution in [2.24, 2.45) is 0 Å². The van der Waals surface area contributed by atoms with Crippen LogP contribution in [0.2, 0.25) is 0 Å². The van der Waals surface area contributed by atoms with Crippen LogP contribution in [-0.4, -0.2) is 33.9 Å². The molecule has 1 fully saturated rings. The fraction of sp³-hybridized carbons (Fsp3) is 0.353. The van der Waals surface area contributed by atoms with E-state index in [1.165, 1.54) is 0 Å². The molecule has 0 N–H and O–H groups in total. The summed E-state index contributed by atoms with van der Waals surface area (Å²) in [4.78, 5) is 23.0. The predicted molar refractivity (Wildman–Crippen MR) is 81.2 cm³/mol. The molecule has 1 atom stereocenters. The fourth-order valence-electron chi connectivity index (χ4n) is 2.99. The third-order valence-corrected chi connectivity index (χ3v) is 3.95. The van der Waals surface area contributed by atoms with Gasteiger partial charge in [-0.3, -0.25) is 14.8 Å². The Bertz CT molecular complexity index is 634. The molecule has 0 aliphatic carbocycles. The second kappa shape index (κ2) is 5.64. The van der Waals surface area contributed by atoms with Crippen LogP contribution in [0.5, 0.6) is 0 Å². The highest BCUT2D eigenvalue weighted by Crippen LogP contribution is 2.26. The van der Waals surface area contributed by atoms with E-state index in [1.54, 1.807) is 18.6 Å². The smallest absolute Gasteiger partial charge is 0.253 e. The van der Waals surface area contributed by atoms with Crippen molar-refractivity contribution in [1.82, 2.24) is 14.9 Å². The summed E-state index contributed by atoms with van der Waals surface area (Å²) in [5, 5.41) is 0. The summed E-state index contributed by atoms with van der Waals surface area (Å²) in [7, 11) is 0. The van der Waals surface area contributed by atoms with Gasteiger partial charge in [0.05, 0.1) is 5.69 Å². The molecular weight excluding hydrogens is 262 g/mol. The maximum absolute atomic E-state index is 12.6. The van der Waals surface area contributed by atoms with Gasteiger partial charge in [-0.1, -0.05) is 17.2 Å². The molecule has 0 bridgehead atoms. The van der Waals surface area contributed by atoms with Crippen molar-refractivity contribution in [1.29, 1.82) is 0 Å². The van der Waals surface area contributed by atoms with Crippen LogP contribution in [0.25, 0.3) is 0 Å². The molecule has 4 nitrogen and oxygen atoms in total. The molecule has 2 aromatic rings. The van der Waals surface area contributed by atoms with E-state index in [2.05, 4.69) is 16.0 Å². The van der Waals surface area contributed by atoms with Gasteiger partial charge in [-0.2, -0.15) is 0 Å². The number of amides is 1. The largest absolute Gasteiger partial charge is 0.338 e. The Hall–Kier alpha value is -2.23. The van der Waals surface area contributed by atoms with Crippen LogP contribution in [0.3, 0.4) is 0 Å². The minimum absolute atomic E-state index is 0.119. The van der Waals surface area contributed by atoms with Crippen molar-refractivity contribution in [3.8, 4) is 0 Å². The molecule has 0 saturated carbocycles. The third kappa shape index (κ3) is 2.94. The lowest BCUT2D eigenvalue weighted by molar-refractivity contribution is 0.0790. The van der Waals surface area contributed by atoms with E-state index in [0.29, 0.717) is 5.92 Å². The first-order chi connectivity index (χ1) is 10.1. The first kappa shape index (κ1) is 13.7. The summed E-state index contributed by atoms with van der Waals surface area (Å²) in [6.07, 6.45) is 6.14. The topological polar surface area (TPSA) is 46.1 Å². The van der Waals surface area contributed by atoms with Crippen LogP contribution in [0.15, 0.2) is 36.8 Å². The number of hydrogen-bond donors (Lipinski definition) is 0. The molecule has 21 heavy (non-hydrogen) atoms. The summed E-state index contributed by atoms with van der Waals surface area (Å²) >= 11 is 0. The molecule has 1 saturated heterocycles. The van der Waals surface area contributed by atoms with E-state index in [0.717, 1.165) is 41.9 Å². The second-order valence-corrected chi connectivity index (χ2v) is 5.74. The van der Waals surface area contributed by atoms with Gasteiger partial charge in [-0.05, 0) is 32.4 Å². The second-order valence-electron chi connectivity index (χ2n) is 5.74. The zero-order valence-electron chi connectivity index (χ0n) is 12.4. The number of nitrogens with zero attached hydrogens (tertiary/aromatic N) is 3. The third-order valence-electron chi connectivity index (χ3n) is 3.95. The molecule has 1 amide bonds. The van der Waals surface area contributed by atoms with Crippen LogP contribution < -0.4 is 0 Å². The number of rotatable bonds is 2. The Morgan fingerprint density at radius 1 is 1.19 bits per heavy atom. The van der Waals surface area contributed by atoms with Gasteiger partial charge in [0.2, 0.25) is 0 Å². The zero-order valence-corrected chi connectivity index (χ0v) is 12.4. The minimum Gasteiger partial charge on any atom is -0.338 e. The van der Waals surface area contributed by atoms with E-state index >= 15 is 0 Å². The molecule has 0 spiro atoms. The molecule has 0 radical (unpaired) electrons. The van der Waals surface area contributed by atoms with E-state index in [1.807, 2.05) is 30.9 Å². The minimum atomic E-state index is 0.119. The molecular formula is C17H19N3O. The molecule has 1 aliphatic rings. The lowest BCUT2D eigenvalue weighted by atomic mass is 10.1. The maximum atomic E-state index is 12.6. The molecule has 1 aromatic carbocycles. The molecule has 1 aliphatic heterocycles. The highest BCUT2D eigenvalue weighted by Gasteiger charge is 2.28. The Morgan fingerprint density at radius 2 is 1.95 bits per heavy atom. The maximum Gasteiger partial charge on any atom is 0.253 e. The van der Waals surface area contributed by atoms with Gasteiger partial charge in [0.15, 0.2) is 0 Å². The van der Waals surface area contributed by atoms with Crippen LogP contribution in [-0.2, 0) is 0 Å².